The fourth-order valence-electron chi connectivity index (χ4n) is 0.982. The van der Waals surface area contributed by atoms with Crippen LogP contribution < -0.4 is 0 Å². The Labute approximate surface area is 104 Å². The molecule has 0 saturated carbocycles. The van der Waals surface area contributed by atoms with Crippen molar-refractivity contribution in [2.45, 2.75) is 24.9 Å². The Morgan fingerprint density at radius 3 is 2.11 bits per heavy atom. The van der Waals surface area contributed by atoms with Crippen LogP contribution in [0.2, 0.25) is 0 Å². The molecular formula is C9H10F6N2O2. The van der Waals surface area contributed by atoms with Gasteiger partial charge in [0.2, 0.25) is 12.0 Å². The largest absolute Gasteiger partial charge is 0.423 e. The summed E-state index contributed by atoms with van der Waals surface area (Å²) < 4.78 is 76.0. The van der Waals surface area contributed by atoms with Crippen LogP contribution in [0.15, 0.2) is 0 Å². The SMILES string of the molecule is CN(CCC#N)C(=O)COC(C(F)(F)F)C(F)(F)F. The van der Waals surface area contributed by atoms with Gasteiger partial charge in [0, 0.05) is 13.6 Å². The molecule has 0 N–H and O–H groups in total. The van der Waals surface area contributed by atoms with Gasteiger partial charge in [0.1, 0.15) is 6.61 Å². The number of ether oxygens (including phenoxy) is 1. The van der Waals surface area contributed by atoms with Crippen molar-refractivity contribution in [3.05, 3.63) is 0 Å². The number of carbonyl (C=O) groups excluding carboxylic acids is 1. The number of alkyl halides is 6. The number of carbonyl (C=O) groups is 1. The normalized spacial score (nSPS) is 12.4. The average Bonchev–Trinajstić information content (AvgIpc) is 2.21. The molecule has 4 nitrogen and oxygen atoms in total. The maximum absolute atomic E-state index is 12.1. The van der Waals surface area contributed by atoms with Gasteiger partial charge in [0.05, 0.1) is 12.5 Å². The molecule has 0 rings (SSSR count). The summed E-state index contributed by atoms with van der Waals surface area (Å²) in [6.45, 7) is -1.48. The molecule has 0 aliphatic carbocycles. The van der Waals surface area contributed by atoms with Crippen molar-refractivity contribution in [2.75, 3.05) is 20.2 Å². The van der Waals surface area contributed by atoms with Crippen molar-refractivity contribution >= 4 is 5.91 Å². The van der Waals surface area contributed by atoms with Gasteiger partial charge in [-0.05, 0) is 0 Å². The standard InChI is InChI=1S/C9H10F6N2O2/c1-17(4-2-3-16)6(18)5-19-7(8(10,11)12)9(13,14)15/h7H,2,4-5H2,1H3. The Morgan fingerprint density at radius 2 is 1.74 bits per heavy atom. The third-order valence-electron chi connectivity index (χ3n) is 1.95. The number of hydrogen-bond acceptors (Lipinski definition) is 3. The third-order valence-corrected chi connectivity index (χ3v) is 1.95. The molecule has 0 aromatic rings. The quantitative estimate of drug-likeness (QED) is 0.727. The lowest BCUT2D eigenvalue weighted by Gasteiger charge is -2.24. The highest BCUT2D eigenvalue weighted by molar-refractivity contribution is 5.77. The molecule has 19 heavy (non-hydrogen) atoms. The molecule has 0 unspecified atom stereocenters. The second-order valence-corrected chi connectivity index (χ2v) is 3.50. The van der Waals surface area contributed by atoms with Crippen molar-refractivity contribution in [2.24, 2.45) is 0 Å². The van der Waals surface area contributed by atoms with Crippen LogP contribution in [0.1, 0.15) is 6.42 Å². The van der Waals surface area contributed by atoms with Gasteiger partial charge in [0.15, 0.2) is 0 Å². The molecule has 0 bridgehead atoms. The van der Waals surface area contributed by atoms with Gasteiger partial charge in [0.25, 0.3) is 0 Å². The first-order valence-corrected chi connectivity index (χ1v) is 4.86. The van der Waals surface area contributed by atoms with Crippen molar-refractivity contribution in [3.63, 3.8) is 0 Å². The van der Waals surface area contributed by atoms with E-state index in [9.17, 15) is 31.1 Å². The maximum atomic E-state index is 12.1. The zero-order chi connectivity index (χ0) is 15.3. The van der Waals surface area contributed by atoms with Gasteiger partial charge >= 0.3 is 12.4 Å². The van der Waals surface area contributed by atoms with E-state index in [-0.39, 0.29) is 13.0 Å². The van der Waals surface area contributed by atoms with Gasteiger partial charge in [-0.15, -0.1) is 0 Å². The topological polar surface area (TPSA) is 53.3 Å². The number of rotatable bonds is 5. The first-order chi connectivity index (χ1) is 8.50. The second-order valence-electron chi connectivity index (χ2n) is 3.50. The summed E-state index contributed by atoms with van der Waals surface area (Å²) in [4.78, 5) is 12.0. The average molecular weight is 292 g/mol. The molecular weight excluding hydrogens is 282 g/mol. The number of halogens is 6. The summed E-state index contributed by atoms with van der Waals surface area (Å²) in [5, 5.41) is 8.21. The van der Waals surface area contributed by atoms with E-state index in [1.54, 1.807) is 6.07 Å². The summed E-state index contributed by atoms with van der Waals surface area (Å²) in [6.07, 6.45) is -15.4. The predicted molar refractivity (Wildman–Crippen MR) is 49.7 cm³/mol. The van der Waals surface area contributed by atoms with Crippen LogP contribution in [0.3, 0.4) is 0 Å². The van der Waals surface area contributed by atoms with Crippen molar-refractivity contribution in [3.8, 4) is 6.07 Å². The molecule has 110 valence electrons. The Morgan fingerprint density at radius 1 is 1.26 bits per heavy atom. The van der Waals surface area contributed by atoms with Crippen molar-refractivity contribution < 1.29 is 35.9 Å². The molecule has 0 heterocycles. The van der Waals surface area contributed by atoms with Gasteiger partial charge in [-0.3, -0.25) is 4.79 Å². The van der Waals surface area contributed by atoms with E-state index in [0.29, 0.717) is 0 Å². The molecule has 0 aliphatic rings. The van der Waals surface area contributed by atoms with Gasteiger partial charge in [-0.25, -0.2) is 0 Å². The van der Waals surface area contributed by atoms with Crippen LogP contribution in [-0.4, -0.2) is 49.5 Å². The van der Waals surface area contributed by atoms with E-state index in [1.807, 2.05) is 0 Å². The van der Waals surface area contributed by atoms with E-state index in [0.717, 1.165) is 11.9 Å². The first kappa shape index (κ1) is 17.5. The van der Waals surface area contributed by atoms with Gasteiger partial charge in [-0.2, -0.15) is 31.6 Å². The van der Waals surface area contributed by atoms with Crippen LogP contribution in [0, 0.1) is 11.3 Å². The Kier molecular flexibility index (Phi) is 6.08. The van der Waals surface area contributed by atoms with Crippen molar-refractivity contribution in [1.29, 1.82) is 5.26 Å². The molecule has 10 heteroatoms. The number of nitriles is 1. The smallest absolute Gasteiger partial charge is 0.351 e. The molecule has 0 aromatic carbocycles. The number of likely N-dealkylation sites (N-methyl/N-ethyl adjacent to an activating group) is 1. The molecule has 0 aromatic heterocycles. The minimum absolute atomic E-state index is 0.0930. The van der Waals surface area contributed by atoms with Crippen LogP contribution in [0.5, 0.6) is 0 Å². The molecule has 0 fully saturated rings. The summed E-state index contributed by atoms with van der Waals surface area (Å²) >= 11 is 0. The predicted octanol–water partition coefficient (Wildman–Crippen LogP) is 1.87. The van der Waals surface area contributed by atoms with Crippen LogP contribution in [0.4, 0.5) is 26.3 Å². The fraction of sp³-hybridized carbons (Fsp3) is 0.778. The van der Waals surface area contributed by atoms with Crippen LogP contribution >= 0.6 is 0 Å². The summed E-state index contributed by atoms with van der Waals surface area (Å²) in [7, 11) is 1.14. The molecule has 1 amide bonds. The van der Waals surface area contributed by atoms with Crippen LogP contribution in [0.25, 0.3) is 0 Å². The zero-order valence-electron chi connectivity index (χ0n) is 9.68. The highest BCUT2D eigenvalue weighted by atomic mass is 19.4. The lowest BCUT2D eigenvalue weighted by atomic mass is 10.3. The molecule has 0 spiro atoms. The van der Waals surface area contributed by atoms with Gasteiger partial charge < -0.3 is 9.64 Å². The number of hydrogen-bond donors (Lipinski definition) is 0. The Bertz CT molecular complexity index is 332. The molecule has 0 saturated heterocycles. The summed E-state index contributed by atoms with van der Waals surface area (Å²) in [5.41, 5.74) is 0. The van der Waals surface area contributed by atoms with E-state index < -0.39 is 31.0 Å². The minimum atomic E-state index is -5.65. The Balaban J connectivity index is 4.51. The molecule has 0 aliphatic heterocycles. The Hall–Kier alpha value is -1.50. The van der Waals surface area contributed by atoms with Crippen molar-refractivity contribution in [1.82, 2.24) is 4.90 Å². The summed E-state index contributed by atoms with van der Waals surface area (Å²) in [5.74, 6) is -1.08. The van der Waals surface area contributed by atoms with E-state index in [1.165, 1.54) is 0 Å². The van der Waals surface area contributed by atoms with Gasteiger partial charge in [-0.1, -0.05) is 0 Å². The highest BCUT2D eigenvalue weighted by Crippen LogP contribution is 2.35. The monoisotopic (exact) mass is 292 g/mol. The maximum Gasteiger partial charge on any atom is 0.423 e. The third kappa shape index (κ3) is 6.28. The van der Waals surface area contributed by atoms with E-state index >= 15 is 0 Å². The van der Waals surface area contributed by atoms with E-state index in [4.69, 9.17) is 5.26 Å². The lowest BCUT2D eigenvalue weighted by molar-refractivity contribution is -0.320. The summed E-state index contributed by atoms with van der Waals surface area (Å²) in [6, 6.07) is 1.67. The molecule has 0 atom stereocenters. The lowest BCUT2D eigenvalue weighted by Crippen LogP contribution is -2.46. The number of nitrogens with zero attached hydrogens (tertiary/aromatic N) is 2. The molecule has 0 radical (unpaired) electrons. The zero-order valence-corrected chi connectivity index (χ0v) is 9.68. The van der Waals surface area contributed by atoms with Crippen LogP contribution in [-0.2, 0) is 9.53 Å². The second kappa shape index (κ2) is 6.60. The number of amides is 1. The fourth-order valence-corrected chi connectivity index (χ4v) is 0.982. The first-order valence-electron chi connectivity index (χ1n) is 4.86. The minimum Gasteiger partial charge on any atom is -0.351 e. The highest BCUT2D eigenvalue weighted by Gasteiger charge is 2.58. The van der Waals surface area contributed by atoms with E-state index in [2.05, 4.69) is 4.74 Å².